The molecule has 1 aliphatic rings. The lowest BCUT2D eigenvalue weighted by atomic mass is 9.96. The van der Waals surface area contributed by atoms with Crippen LogP contribution in [0.3, 0.4) is 0 Å². The summed E-state index contributed by atoms with van der Waals surface area (Å²) >= 11 is 0. The quantitative estimate of drug-likeness (QED) is 0.666. The molecule has 3 heteroatoms. The third-order valence-electron chi connectivity index (χ3n) is 4.74. The largest absolute Gasteiger partial charge is 0.270 e. The molecular weight excluding hydrogens is 310 g/mol. The van der Waals surface area contributed by atoms with Crippen LogP contribution in [0, 0.1) is 6.92 Å². The molecule has 0 bridgehead atoms. The Hall–Kier alpha value is -3.20. The number of hydrogen-bond acceptors (Lipinski definition) is 2. The maximum absolute atomic E-state index is 12.6. The van der Waals surface area contributed by atoms with Crippen LogP contribution in [0.25, 0.3) is 11.1 Å². The molecule has 1 heterocycles. The Morgan fingerprint density at radius 1 is 0.680 bits per heavy atom. The van der Waals surface area contributed by atoms with Gasteiger partial charge in [0.2, 0.25) is 0 Å². The minimum absolute atomic E-state index is 0.217. The van der Waals surface area contributed by atoms with Crippen molar-refractivity contribution in [3.63, 3.8) is 0 Å². The van der Waals surface area contributed by atoms with E-state index >= 15 is 0 Å². The van der Waals surface area contributed by atoms with Gasteiger partial charge in [-0.15, -0.1) is 0 Å². The van der Waals surface area contributed by atoms with Gasteiger partial charge in [0, 0.05) is 0 Å². The molecule has 122 valence electrons. The van der Waals surface area contributed by atoms with Gasteiger partial charge >= 0.3 is 0 Å². The van der Waals surface area contributed by atoms with Gasteiger partial charge in [-0.05, 0) is 41.3 Å². The lowest BCUT2D eigenvalue weighted by molar-refractivity contribution is 0.0642. The molecule has 0 N–H and O–H groups in total. The van der Waals surface area contributed by atoms with Crippen LogP contribution in [0.1, 0.15) is 31.8 Å². The van der Waals surface area contributed by atoms with Gasteiger partial charge in [-0.25, -0.2) is 0 Å². The number of benzene rings is 3. The van der Waals surface area contributed by atoms with Crippen LogP contribution in [0.4, 0.5) is 0 Å². The summed E-state index contributed by atoms with van der Waals surface area (Å²) in [5.74, 6) is -0.435. The van der Waals surface area contributed by atoms with E-state index in [0.29, 0.717) is 17.7 Å². The highest BCUT2D eigenvalue weighted by atomic mass is 16.2. The van der Waals surface area contributed by atoms with Crippen LogP contribution in [0.15, 0.2) is 72.8 Å². The second kappa shape index (κ2) is 6.02. The zero-order chi connectivity index (χ0) is 17.4. The van der Waals surface area contributed by atoms with E-state index in [1.165, 1.54) is 4.90 Å². The van der Waals surface area contributed by atoms with Crippen LogP contribution in [0.5, 0.6) is 0 Å². The van der Waals surface area contributed by atoms with E-state index in [1.54, 1.807) is 24.3 Å². The molecule has 0 aromatic heterocycles. The fourth-order valence-corrected chi connectivity index (χ4v) is 3.34. The van der Waals surface area contributed by atoms with Gasteiger partial charge in [0.15, 0.2) is 0 Å². The monoisotopic (exact) mass is 327 g/mol. The summed E-state index contributed by atoms with van der Waals surface area (Å²) in [6.07, 6.45) is 0. The number of carbonyl (C=O) groups excluding carboxylic acids is 2. The minimum Gasteiger partial charge on any atom is -0.270 e. The van der Waals surface area contributed by atoms with Crippen molar-refractivity contribution in [3.8, 4) is 11.1 Å². The zero-order valence-electron chi connectivity index (χ0n) is 13.9. The Morgan fingerprint density at radius 2 is 1.24 bits per heavy atom. The summed E-state index contributed by atoms with van der Waals surface area (Å²) < 4.78 is 0. The Balaban J connectivity index is 1.69. The standard InChI is InChI=1S/C22H17NO2/c1-15-17(10-7-13-18(15)16-8-3-2-4-9-16)14-23-21(24)19-11-5-6-12-20(19)22(23)25/h2-13H,14H2,1H3. The van der Waals surface area contributed by atoms with E-state index in [-0.39, 0.29) is 11.8 Å². The average Bonchev–Trinajstić information content (AvgIpc) is 2.89. The number of imide groups is 1. The highest BCUT2D eigenvalue weighted by Gasteiger charge is 2.35. The number of nitrogens with zero attached hydrogens (tertiary/aromatic N) is 1. The first-order chi connectivity index (χ1) is 12.2. The molecule has 3 aromatic rings. The van der Waals surface area contributed by atoms with E-state index in [1.807, 2.05) is 37.3 Å². The number of rotatable bonds is 3. The first kappa shape index (κ1) is 15.3. The topological polar surface area (TPSA) is 37.4 Å². The highest BCUT2D eigenvalue weighted by molar-refractivity contribution is 6.21. The van der Waals surface area contributed by atoms with Crippen molar-refractivity contribution < 1.29 is 9.59 Å². The number of fused-ring (bicyclic) bond motifs is 1. The van der Waals surface area contributed by atoms with Crippen LogP contribution < -0.4 is 0 Å². The fraction of sp³-hybridized carbons (Fsp3) is 0.0909. The summed E-state index contributed by atoms with van der Waals surface area (Å²) in [6, 6.07) is 23.1. The molecule has 0 radical (unpaired) electrons. The second-order valence-corrected chi connectivity index (χ2v) is 6.20. The molecule has 0 saturated carbocycles. The van der Waals surface area contributed by atoms with Crippen molar-refractivity contribution in [1.29, 1.82) is 0 Å². The third-order valence-corrected chi connectivity index (χ3v) is 4.74. The molecule has 0 unspecified atom stereocenters. The maximum Gasteiger partial charge on any atom is 0.261 e. The molecule has 3 aromatic carbocycles. The average molecular weight is 327 g/mol. The van der Waals surface area contributed by atoms with Crippen LogP contribution in [-0.4, -0.2) is 16.7 Å². The molecule has 3 nitrogen and oxygen atoms in total. The first-order valence-electron chi connectivity index (χ1n) is 8.26. The maximum atomic E-state index is 12.6. The van der Waals surface area contributed by atoms with Gasteiger partial charge in [0.05, 0.1) is 17.7 Å². The molecule has 4 rings (SSSR count). The van der Waals surface area contributed by atoms with Gasteiger partial charge in [-0.1, -0.05) is 60.7 Å². The Morgan fingerprint density at radius 3 is 1.88 bits per heavy atom. The molecule has 0 fully saturated rings. The highest BCUT2D eigenvalue weighted by Crippen LogP contribution is 2.29. The molecule has 2 amide bonds. The zero-order valence-corrected chi connectivity index (χ0v) is 13.9. The summed E-state index contributed by atoms with van der Waals surface area (Å²) in [5.41, 5.74) is 5.30. The molecule has 25 heavy (non-hydrogen) atoms. The number of carbonyl (C=O) groups is 2. The predicted molar refractivity (Wildman–Crippen MR) is 97.3 cm³/mol. The summed E-state index contributed by atoms with van der Waals surface area (Å²) in [6.45, 7) is 2.33. The molecule has 0 atom stereocenters. The lowest BCUT2D eigenvalue weighted by Crippen LogP contribution is -2.29. The fourth-order valence-electron chi connectivity index (χ4n) is 3.34. The van der Waals surface area contributed by atoms with E-state index in [0.717, 1.165) is 22.3 Å². The first-order valence-corrected chi connectivity index (χ1v) is 8.26. The van der Waals surface area contributed by atoms with Crippen molar-refractivity contribution in [1.82, 2.24) is 4.90 Å². The van der Waals surface area contributed by atoms with Crippen LogP contribution >= 0.6 is 0 Å². The predicted octanol–water partition coefficient (Wildman–Crippen LogP) is 4.46. The Bertz CT molecular complexity index is 941. The lowest BCUT2D eigenvalue weighted by Gasteiger charge is -2.17. The number of amides is 2. The van der Waals surface area contributed by atoms with Crippen molar-refractivity contribution in [3.05, 3.63) is 95.1 Å². The molecule has 0 saturated heterocycles. The van der Waals surface area contributed by atoms with Crippen molar-refractivity contribution in [2.75, 3.05) is 0 Å². The molecule has 1 aliphatic heterocycles. The molecule has 0 spiro atoms. The van der Waals surface area contributed by atoms with Crippen molar-refractivity contribution in [2.24, 2.45) is 0 Å². The van der Waals surface area contributed by atoms with Crippen molar-refractivity contribution in [2.45, 2.75) is 13.5 Å². The van der Waals surface area contributed by atoms with Crippen molar-refractivity contribution >= 4 is 11.8 Å². The van der Waals surface area contributed by atoms with E-state index in [4.69, 9.17) is 0 Å². The summed E-state index contributed by atoms with van der Waals surface area (Å²) in [4.78, 5) is 26.5. The van der Waals surface area contributed by atoms with E-state index in [2.05, 4.69) is 18.2 Å². The van der Waals surface area contributed by atoms with E-state index in [9.17, 15) is 9.59 Å². The van der Waals surface area contributed by atoms with Gasteiger partial charge < -0.3 is 0 Å². The smallest absolute Gasteiger partial charge is 0.261 e. The normalized spacial score (nSPS) is 13.2. The van der Waals surface area contributed by atoms with Gasteiger partial charge in [-0.3, -0.25) is 14.5 Å². The SMILES string of the molecule is Cc1c(CN2C(=O)c3ccccc3C2=O)cccc1-c1ccccc1. The van der Waals surface area contributed by atoms with Crippen LogP contribution in [-0.2, 0) is 6.54 Å². The minimum atomic E-state index is -0.217. The second-order valence-electron chi connectivity index (χ2n) is 6.20. The molecule has 0 aliphatic carbocycles. The van der Waals surface area contributed by atoms with Gasteiger partial charge in [0.1, 0.15) is 0 Å². The Kier molecular flexibility index (Phi) is 3.69. The van der Waals surface area contributed by atoms with Gasteiger partial charge in [-0.2, -0.15) is 0 Å². The summed E-state index contributed by atoms with van der Waals surface area (Å²) in [7, 11) is 0. The Labute approximate surface area is 146 Å². The van der Waals surface area contributed by atoms with E-state index < -0.39 is 0 Å². The van der Waals surface area contributed by atoms with Crippen LogP contribution in [0.2, 0.25) is 0 Å². The number of hydrogen-bond donors (Lipinski definition) is 0. The third kappa shape index (κ3) is 2.54. The molecular formula is C22H17NO2. The van der Waals surface area contributed by atoms with Gasteiger partial charge in [0.25, 0.3) is 11.8 Å². The summed E-state index contributed by atoms with van der Waals surface area (Å²) in [5, 5.41) is 0.